The zero-order valence-electron chi connectivity index (χ0n) is 10.1. The van der Waals surface area contributed by atoms with Gasteiger partial charge >= 0.3 is 0 Å². The standard InChI is InChI=1S/C13H11ClN2O2S/c1-18-16-7-6-11(17)12-8-15-13(19-12)9-2-4-10(14)5-3-9/h2-8,16H,1H3. The van der Waals surface area contributed by atoms with Gasteiger partial charge in [0, 0.05) is 29.1 Å². The fraction of sp³-hybridized carbons (Fsp3) is 0.0769. The molecule has 6 heteroatoms. The van der Waals surface area contributed by atoms with Gasteiger partial charge in [0.25, 0.3) is 0 Å². The van der Waals surface area contributed by atoms with Crippen LogP contribution in [0.25, 0.3) is 10.6 Å². The van der Waals surface area contributed by atoms with Gasteiger partial charge in [0.15, 0.2) is 5.78 Å². The summed E-state index contributed by atoms with van der Waals surface area (Å²) in [5.74, 6) is -0.123. The largest absolute Gasteiger partial charge is 0.288 e. The zero-order valence-corrected chi connectivity index (χ0v) is 11.7. The van der Waals surface area contributed by atoms with Crippen molar-refractivity contribution in [1.82, 2.24) is 10.5 Å². The van der Waals surface area contributed by atoms with E-state index in [2.05, 4.69) is 15.3 Å². The second-order valence-corrected chi connectivity index (χ2v) is 5.02. The highest BCUT2D eigenvalue weighted by Crippen LogP contribution is 2.26. The summed E-state index contributed by atoms with van der Waals surface area (Å²) in [6, 6.07) is 7.33. The first-order chi connectivity index (χ1) is 9.20. The maximum atomic E-state index is 11.8. The lowest BCUT2D eigenvalue weighted by atomic mass is 10.2. The van der Waals surface area contributed by atoms with Gasteiger partial charge in [-0.2, -0.15) is 0 Å². The van der Waals surface area contributed by atoms with E-state index in [-0.39, 0.29) is 5.78 Å². The molecule has 0 radical (unpaired) electrons. The Labute approximate surface area is 119 Å². The Morgan fingerprint density at radius 3 is 2.84 bits per heavy atom. The number of carbonyl (C=O) groups excluding carboxylic acids is 1. The van der Waals surface area contributed by atoms with Crippen molar-refractivity contribution >= 4 is 28.7 Å². The molecule has 98 valence electrons. The Morgan fingerprint density at radius 2 is 2.16 bits per heavy atom. The number of benzene rings is 1. The first-order valence-corrected chi connectivity index (χ1v) is 6.61. The third-order valence-electron chi connectivity index (χ3n) is 2.26. The van der Waals surface area contributed by atoms with E-state index in [9.17, 15) is 4.79 Å². The number of hydrogen-bond acceptors (Lipinski definition) is 5. The molecule has 0 bridgehead atoms. The van der Waals surface area contributed by atoms with Crippen LogP contribution >= 0.6 is 22.9 Å². The number of thiazole rings is 1. The van der Waals surface area contributed by atoms with Crippen molar-refractivity contribution in [3.8, 4) is 10.6 Å². The summed E-state index contributed by atoms with van der Waals surface area (Å²) in [5.41, 5.74) is 3.40. The smallest absolute Gasteiger partial charge is 0.198 e. The number of rotatable bonds is 5. The third kappa shape index (κ3) is 3.64. The van der Waals surface area contributed by atoms with Crippen LogP contribution in [-0.4, -0.2) is 17.9 Å². The van der Waals surface area contributed by atoms with Gasteiger partial charge in [0.2, 0.25) is 0 Å². The van der Waals surface area contributed by atoms with Crippen molar-refractivity contribution in [2.24, 2.45) is 0 Å². The molecule has 0 aliphatic rings. The van der Waals surface area contributed by atoms with Gasteiger partial charge in [-0.05, 0) is 12.1 Å². The molecule has 0 amide bonds. The fourth-order valence-corrected chi connectivity index (χ4v) is 2.34. The van der Waals surface area contributed by atoms with Gasteiger partial charge in [0.05, 0.1) is 12.0 Å². The molecule has 0 unspecified atom stereocenters. The minimum absolute atomic E-state index is 0.123. The molecular formula is C13H11ClN2O2S. The van der Waals surface area contributed by atoms with Gasteiger partial charge < -0.3 is 0 Å². The van der Waals surface area contributed by atoms with E-state index in [0.29, 0.717) is 9.90 Å². The molecule has 0 fully saturated rings. The van der Waals surface area contributed by atoms with Gasteiger partial charge in [-0.25, -0.2) is 4.98 Å². The van der Waals surface area contributed by atoms with Crippen LogP contribution in [0.1, 0.15) is 9.67 Å². The summed E-state index contributed by atoms with van der Waals surface area (Å²) in [7, 11) is 1.47. The van der Waals surface area contributed by atoms with E-state index in [0.717, 1.165) is 10.6 Å². The molecule has 0 atom stereocenters. The molecule has 1 N–H and O–H groups in total. The molecular weight excluding hydrogens is 284 g/mol. The Bertz CT molecular complexity index is 593. The number of aromatic nitrogens is 1. The molecule has 4 nitrogen and oxygen atoms in total. The van der Waals surface area contributed by atoms with E-state index in [4.69, 9.17) is 11.6 Å². The van der Waals surface area contributed by atoms with Crippen molar-refractivity contribution in [2.45, 2.75) is 0 Å². The van der Waals surface area contributed by atoms with Crippen LogP contribution in [0, 0.1) is 0 Å². The molecule has 0 aliphatic carbocycles. The second-order valence-electron chi connectivity index (χ2n) is 3.56. The van der Waals surface area contributed by atoms with Gasteiger partial charge in [0.1, 0.15) is 5.01 Å². The van der Waals surface area contributed by atoms with Gasteiger partial charge in [-0.3, -0.25) is 15.1 Å². The summed E-state index contributed by atoms with van der Waals surface area (Å²) < 4.78 is 0. The van der Waals surface area contributed by atoms with Gasteiger partial charge in [-0.15, -0.1) is 11.3 Å². The molecule has 1 aromatic heterocycles. The van der Waals surface area contributed by atoms with Crippen LogP contribution in [0.5, 0.6) is 0 Å². The van der Waals surface area contributed by atoms with E-state index >= 15 is 0 Å². The third-order valence-corrected chi connectivity index (χ3v) is 3.57. The van der Waals surface area contributed by atoms with Crippen LogP contribution in [0.3, 0.4) is 0 Å². The monoisotopic (exact) mass is 294 g/mol. The summed E-state index contributed by atoms with van der Waals surface area (Å²) >= 11 is 7.16. The fourth-order valence-electron chi connectivity index (χ4n) is 1.37. The van der Waals surface area contributed by atoms with Crippen LogP contribution < -0.4 is 5.48 Å². The molecule has 1 aromatic carbocycles. The molecule has 0 aliphatic heterocycles. The SMILES string of the molecule is CONC=CC(=O)c1cnc(-c2ccc(Cl)cc2)s1. The number of ketones is 1. The number of nitrogens with one attached hydrogen (secondary N) is 1. The van der Waals surface area contributed by atoms with E-state index < -0.39 is 0 Å². The summed E-state index contributed by atoms with van der Waals surface area (Å²) in [4.78, 5) is 21.2. The average molecular weight is 295 g/mol. The van der Waals surface area contributed by atoms with Crippen molar-refractivity contribution in [1.29, 1.82) is 0 Å². The number of nitrogens with zero attached hydrogens (tertiary/aromatic N) is 1. The van der Waals surface area contributed by atoms with Crippen molar-refractivity contribution in [3.05, 3.63) is 52.6 Å². The van der Waals surface area contributed by atoms with Crippen molar-refractivity contribution < 1.29 is 9.63 Å². The minimum Gasteiger partial charge on any atom is -0.288 e. The lowest BCUT2D eigenvalue weighted by Crippen LogP contribution is -2.02. The maximum absolute atomic E-state index is 11.8. The molecule has 0 saturated carbocycles. The Balaban J connectivity index is 2.14. The molecule has 19 heavy (non-hydrogen) atoms. The zero-order chi connectivity index (χ0) is 13.7. The van der Waals surface area contributed by atoms with Gasteiger partial charge in [-0.1, -0.05) is 23.7 Å². The predicted molar refractivity (Wildman–Crippen MR) is 76.2 cm³/mol. The number of halogens is 1. The van der Waals surface area contributed by atoms with Crippen molar-refractivity contribution in [2.75, 3.05) is 7.11 Å². The number of hydrogen-bond donors (Lipinski definition) is 1. The first-order valence-electron chi connectivity index (χ1n) is 5.42. The predicted octanol–water partition coefficient (Wildman–Crippen LogP) is 3.31. The molecule has 0 saturated heterocycles. The summed E-state index contributed by atoms with van der Waals surface area (Å²) in [5, 5.41) is 1.46. The Hall–Kier alpha value is -1.69. The van der Waals surface area contributed by atoms with E-state index in [1.807, 2.05) is 12.1 Å². The minimum atomic E-state index is -0.123. The van der Waals surface area contributed by atoms with Crippen molar-refractivity contribution in [3.63, 3.8) is 0 Å². The highest BCUT2D eigenvalue weighted by molar-refractivity contribution is 7.17. The molecule has 2 rings (SSSR count). The molecule has 1 heterocycles. The maximum Gasteiger partial charge on any atom is 0.198 e. The lowest BCUT2D eigenvalue weighted by Gasteiger charge is -1.95. The number of allylic oxidation sites excluding steroid dienone is 1. The highest BCUT2D eigenvalue weighted by Gasteiger charge is 2.09. The van der Waals surface area contributed by atoms with E-state index in [1.165, 1.54) is 30.7 Å². The average Bonchev–Trinajstić information content (AvgIpc) is 2.89. The molecule has 0 spiro atoms. The molecule has 2 aromatic rings. The topological polar surface area (TPSA) is 51.2 Å². The summed E-state index contributed by atoms with van der Waals surface area (Å²) in [6.45, 7) is 0. The normalized spacial score (nSPS) is 10.8. The Kier molecular flexibility index (Phi) is 4.68. The first kappa shape index (κ1) is 13.7. The Morgan fingerprint density at radius 1 is 1.42 bits per heavy atom. The number of carbonyl (C=O) groups is 1. The van der Waals surface area contributed by atoms with E-state index in [1.54, 1.807) is 18.3 Å². The highest BCUT2D eigenvalue weighted by atomic mass is 35.5. The lowest BCUT2D eigenvalue weighted by molar-refractivity contribution is 0.104. The number of hydroxylamine groups is 1. The quantitative estimate of drug-likeness (QED) is 0.522. The van der Waals surface area contributed by atoms with Crippen LogP contribution in [0.2, 0.25) is 5.02 Å². The van der Waals surface area contributed by atoms with Crippen LogP contribution in [0.4, 0.5) is 0 Å². The van der Waals surface area contributed by atoms with Crippen LogP contribution in [0.15, 0.2) is 42.7 Å². The van der Waals surface area contributed by atoms with Crippen LogP contribution in [-0.2, 0) is 4.84 Å². The second kappa shape index (κ2) is 6.47. The summed E-state index contributed by atoms with van der Waals surface area (Å²) in [6.07, 6.45) is 4.39.